The van der Waals surface area contributed by atoms with Gasteiger partial charge in [0.1, 0.15) is 19.4 Å². The van der Waals surface area contributed by atoms with Gasteiger partial charge in [-0.2, -0.15) is 13.2 Å². The number of hydrogen-bond donors (Lipinski definition) is 0. The van der Waals surface area contributed by atoms with Crippen molar-refractivity contribution >= 4 is 13.3 Å². The minimum atomic E-state index is -4.35. The van der Waals surface area contributed by atoms with E-state index < -0.39 is 11.7 Å². The molecule has 0 aliphatic heterocycles. The average Bonchev–Trinajstić information content (AvgIpc) is 2.42. The molecule has 0 bridgehead atoms. The van der Waals surface area contributed by atoms with E-state index in [4.69, 9.17) is 4.74 Å². The van der Waals surface area contributed by atoms with Gasteiger partial charge >= 0.3 is 6.18 Å². The molecule has 0 atom stereocenters. The van der Waals surface area contributed by atoms with Crippen LogP contribution < -0.4 is 10.2 Å². The van der Waals surface area contributed by atoms with Crippen LogP contribution in [0.15, 0.2) is 42.5 Å². The summed E-state index contributed by atoms with van der Waals surface area (Å²) in [6.45, 7) is 0.184. The molecule has 0 heterocycles. The Balaban J connectivity index is 1.96. The highest BCUT2D eigenvalue weighted by molar-refractivity contribution is 6.32. The van der Waals surface area contributed by atoms with Crippen molar-refractivity contribution in [3.8, 4) is 5.75 Å². The van der Waals surface area contributed by atoms with Crippen molar-refractivity contribution in [2.24, 2.45) is 0 Å². The van der Waals surface area contributed by atoms with Gasteiger partial charge in [0, 0.05) is 12.5 Å². The molecule has 0 saturated heterocycles. The Morgan fingerprint density at radius 3 is 2.48 bits per heavy atom. The maximum absolute atomic E-state index is 13.3. The second-order valence-electron chi connectivity index (χ2n) is 4.71. The van der Waals surface area contributed by atoms with E-state index in [1.165, 1.54) is 12.1 Å². The molecule has 110 valence electrons. The van der Waals surface area contributed by atoms with Crippen molar-refractivity contribution < 1.29 is 22.3 Å². The SMILES string of the molecule is Bc1ccc(OCCc2cccc(C(F)(F)F)c2)cc1F. The van der Waals surface area contributed by atoms with Crippen LogP contribution in [0.1, 0.15) is 11.1 Å². The first-order valence-electron chi connectivity index (χ1n) is 6.41. The first kappa shape index (κ1) is 15.4. The van der Waals surface area contributed by atoms with E-state index in [-0.39, 0.29) is 12.4 Å². The van der Waals surface area contributed by atoms with Gasteiger partial charge in [-0.25, -0.2) is 4.39 Å². The summed E-state index contributed by atoms with van der Waals surface area (Å²) in [5.41, 5.74) is 0.360. The Labute approximate surface area is 121 Å². The number of hydrogen-bond acceptors (Lipinski definition) is 1. The van der Waals surface area contributed by atoms with Crippen molar-refractivity contribution in [2.75, 3.05) is 6.61 Å². The first-order valence-corrected chi connectivity index (χ1v) is 6.41. The largest absolute Gasteiger partial charge is 0.493 e. The van der Waals surface area contributed by atoms with E-state index in [1.54, 1.807) is 26.0 Å². The lowest BCUT2D eigenvalue weighted by Gasteiger charge is -2.10. The number of rotatable bonds is 4. The van der Waals surface area contributed by atoms with Crippen molar-refractivity contribution in [2.45, 2.75) is 12.6 Å². The molecule has 0 amide bonds. The molecular weight excluding hydrogens is 283 g/mol. The van der Waals surface area contributed by atoms with E-state index in [9.17, 15) is 17.6 Å². The summed E-state index contributed by atoms with van der Waals surface area (Å²) in [4.78, 5) is 0. The molecular formula is C15H13BF4O. The van der Waals surface area contributed by atoms with Crippen LogP contribution in [0.3, 0.4) is 0 Å². The highest BCUT2D eigenvalue weighted by Gasteiger charge is 2.30. The molecule has 0 spiro atoms. The second-order valence-corrected chi connectivity index (χ2v) is 4.71. The van der Waals surface area contributed by atoms with Crippen molar-refractivity contribution in [3.63, 3.8) is 0 Å². The summed E-state index contributed by atoms with van der Waals surface area (Å²) in [5, 5.41) is 0. The van der Waals surface area contributed by atoms with Crippen LogP contribution in [0.25, 0.3) is 0 Å². The predicted octanol–water partition coefficient (Wildman–Crippen LogP) is 2.72. The molecule has 0 unspecified atom stereocenters. The third-order valence-electron chi connectivity index (χ3n) is 3.06. The second kappa shape index (κ2) is 6.20. The highest BCUT2D eigenvalue weighted by Crippen LogP contribution is 2.29. The molecule has 21 heavy (non-hydrogen) atoms. The summed E-state index contributed by atoms with van der Waals surface area (Å²) in [7, 11) is 1.64. The molecule has 2 aromatic rings. The average molecular weight is 296 g/mol. The van der Waals surface area contributed by atoms with Gasteiger partial charge in [0.2, 0.25) is 0 Å². The predicted molar refractivity (Wildman–Crippen MR) is 75.2 cm³/mol. The Hall–Kier alpha value is -1.98. The van der Waals surface area contributed by atoms with Gasteiger partial charge in [0.25, 0.3) is 0 Å². The monoisotopic (exact) mass is 296 g/mol. The Morgan fingerprint density at radius 2 is 1.81 bits per heavy atom. The topological polar surface area (TPSA) is 9.23 Å². The van der Waals surface area contributed by atoms with Gasteiger partial charge in [-0.1, -0.05) is 29.7 Å². The van der Waals surface area contributed by atoms with Crippen LogP contribution in [0.4, 0.5) is 17.6 Å². The fourth-order valence-electron chi connectivity index (χ4n) is 1.85. The lowest BCUT2D eigenvalue weighted by Crippen LogP contribution is -2.09. The van der Waals surface area contributed by atoms with Crippen LogP contribution in [0.5, 0.6) is 5.75 Å². The van der Waals surface area contributed by atoms with Gasteiger partial charge in [0.05, 0.1) is 12.2 Å². The summed E-state index contributed by atoms with van der Waals surface area (Å²) in [5.74, 6) is -0.00311. The van der Waals surface area contributed by atoms with Crippen LogP contribution in [0, 0.1) is 5.82 Å². The van der Waals surface area contributed by atoms with Crippen LogP contribution >= 0.6 is 0 Å². The zero-order valence-corrected chi connectivity index (χ0v) is 11.4. The number of ether oxygens (including phenoxy) is 1. The summed E-state index contributed by atoms with van der Waals surface area (Å²) >= 11 is 0. The van der Waals surface area contributed by atoms with Crippen molar-refractivity contribution in [1.29, 1.82) is 0 Å². The zero-order valence-electron chi connectivity index (χ0n) is 11.4. The molecule has 0 N–H and O–H groups in total. The Kier molecular flexibility index (Phi) is 4.55. The normalized spacial score (nSPS) is 11.4. The van der Waals surface area contributed by atoms with E-state index in [2.05, 4.69) is 0 Å². The van der Waals surface area contributed by atoms with Crippen molar-refractivity contribution in [1.82, 2.24) is 0 Å². The molecule has 6 heteroatoms. The lowest BCUT2D eigenvalue weighted by molar-refractivity contribution is -0.137. The highest BCUT2D eigenvalue weighted by atomic mass is 19.4. The number of alkyl halides is 3. The standard InChI is InChI=1S/C15H13BF4O/c16-13-5-4-12(9-14(13)17)21-7-6-10-2-1-3-11(8-10)15(18,19)20/h1-5,8-9H,6-7,16H2. The van der Waals surface area contributed by atoms with Gasteiger partial charge in [-0.05, 0) is 17.7 Å². The molecule has 0 radical (unpaired) electrons. The maximum Gasteiger partial charge on any atom is 0.416 e. The van der Waals surface area contributed by atoms with Gasteiger partial charge in [-0.15, -0.1) is 0 Å². The van der Waals surface area contributed by atoms with Gasteiger partial charge in [0.15, 0.2) is 0 Å². The summed E-state index contributed by atoms with van der Waals surface area (Å²) < 4.78 is 56.4. The molecule has 0 aliphatic rings. The number of halogens is 4. The zero-order chi connectivity index (χ0) is 15.5. The molecule has 0 aromatic heterocycles. The summed E-state index contributed by atoms with van der Waals surface area (Å²) in [6.07, 6.45) is -4.03. The molecule has 1 nitrogen and oxygen atoms in total. The molecule has 0 fully saturated rings. The molecule has 2 aromatic carbocycles. The number of benzene rings is 2. The Bertz CT molecular complexity index is 625. The van der Waals surface area contributed by atoms with Crippen LogP contribution in [-0.4, -0.2) is 14.5 Å². The van der Waals surface area contributed by atoms with Crippen molar-refractivity contribution in [3.05, 3.63) is 59.4 Å². The molecule has 2 rings (SSSR count). The van der Waals surface area contributed by atoms with Crippen LogP contribution in [0.2, 0.25) is 0 Å². The third kappa shape index (κ3) is 4.24. The Morgan fingerprint density at radius 1 is 1.05 bits per heavy atom. The fourth-order valence-corrected chi connectivity index (χ4v) is 1.85. The fraction of sp³-hybridized carbons (Fsp3) is 0.200. The minimum Gasteiger partial charge on any atom is -0.493 e. The lowest BCUT2D eigenvalue weighted by atomic mass is 9.96. The molecule has 0 saturated carbocycles. The van der Waals surface area contributed by atoms with Gasteiger partial charge in [-0.3, -0.25) is 0 Å². The minimum absolute atomic E-state index is 0.184. The third-order valence-corrected chi connectivity index (χ3v) is 3.06. The maximum atomic E-state index is 13.3. The van der Waals surface area contributed by atoms with E-state index in [0.717, 1.165) is 12.1 Å². The van der Waals surface area contributed by atoms with Gasteiger partial charge < -0.3 is 4.74 Å². The van der Waals surface area contributed by atoms with E-state index in [0.29, 0.717) is 23.2 Å². The van der Waals surface area contributed by atoms with Crippen LogP contribution in [-0.2, 0) is 12.6 Å². The smallest absolute Gasteiger partial charge is 0.416 e. The first-order chi connectivity index (χ1) is 9.86. The molecule has 0 aliphatic carbocycles. The van der Waals surface area contributed by atoms with E-state index in [1.807, 2.05) is 0 Å². The summed E-state index contributed by atoms with van der Waals surface area (Å²) in [6, 6.07) is 9.58. The van der Waals surface area contributed by atoms with E-state index >= 15 is 0 Å². The quantitative estimate of drug-likeness (QED) is 0.622.